The molecule has 4 N–H and O–H groups in total. The minimum atomic E-state index is -1.03. The van der Waals surface area contributed by atoms with Crippen molar-refractivity contribution in [2.24, 2.45) is 0 Å². The van der Waals surface area contributed by atoms with Crippen molar-refractivity contribution in [2.45, 2.75) is 13.8 Å². The molecule has 0 unspecified atom stereocenters. The number of aromatic carboxylic acids is 1. The van der Waals surface area contributed by atoms with Crippen molar-refractivity contribution in [3.8, 4) is 0 Å². The topological polar surface area (TPSA) is 124 Å². The number of halogens is 1. The molecule has 3 aromatic rings. The van der Waals surface area contributed by atoms with E-state index in [9.17, 15) is 19.1 Å². The molecule has 3 heterocycles. The number of carboxylic acids is 1. The highest BCUT2D eigenvalue weighted by Gasteiger charge is 2.25. The summed E-state index contributed by atoms with van der Waals surface area (Å²) in [5.74, 6) is -1.81. The number of benzene rings is 1. The number of anilines is 1. The molecule has 8 nitrogen and oxygen atoms in total. The lowest BCUT2D eigenvalue weighted by Gasteiger charge is -1.99. The molecule has 0 radical (unpaired) electrons. The summed E-state index contributed by atoms with van der Waals surface area (Å²) in [5, 5.41) is 21.2. The zero-order valence-corrected chi connectivity index (χ0v) is 14.5. The second kappa shape index (κ2) is 7.24. The van der Waals surface area contributed by atoms with Gasteiger partial charge in [-0.2, -0.15) is 15.4 Å². The summed E-state index contributed by atoms with van der Waals surface area (Å²) >= 11 is 0. The number of aryl methyl sites for hydroxylation is 1. The van der Waals surface area contributed by atoms with Crippen molar-refractivity contribution >= 4 is 29.2 Å². The summed E-state index contributed by atoms with van der Waals surface area (Å²) in [6, 6.07) is 4.05. The quantitative estimate of drug-likeness (QED) is 0.517. The smallest absolute Gasteiger partial charge is 0.337 e. The van der Waals surface area contributed by atoms with Gasteiger partial charge >= 0.3 is 5.97 Å². The van der Waals surface area contributed by atoms with Crippen LogP contribution in [0.1, 0.15) is 32.9 Å². The maximum Gasteiger partial charge on any atom is 0.337 e. The summed E-state index contributed by atoms with van der Waals surface area (Å²) in [6.45, 7) is 3.32. The van der Waals surface area contributed by atoms with Crippen LogP contribution in [0.15, 0.2) is 30.6 Å². The number of rotatable bonds is 2. The molecule has 0 aliphatic carbocycles. The van der Waals surface area contributed by atoms with Gasteiger partial charge in [0.25, 0.3) is 5.91 Å². The van der Waals surface area contributed by atoms with Crippen LogP contribution in [-0.2, 0) is 4.79 Å². The third-order valence-corrected chi connectivity index (χ3v) is 4.07. The van der Waals surface area contributed by atoms with Gasteiger partial charge in [-0.1, -0.05) is 0 Å². The van der Waals surface area contributed by atoms with E-state index in [0.29, 0.717) is 33.8 Å². The SMILES string of the molecule is Cc1[nH]c(/C=C2\C(=O)Nc3ccc(F)cc32)c(C)c1C(=O)O.c1cn[nH]n1. The molecule has 0 fully saturated rings. The summed E-state index contributed by atoms with van der Waals surface area (Å²) < 4.78 is 13.4. The second-order valence-electron chi connectivity index (χ2n) is 5.83. The number of carbonyl (C=O) groups excluding carboxylic acids is 1. The van der Waals surface area contributed by atoms with Crippen molar-refractivity contribution in [3.05, 3.63) is 64.5 Å². The first-order valence-corrected chi connectivity index (χ1v) is 7.93. The van der Waals surface area contributed by atoms with Gasteiger partial charge in [-0.15, -0.1) is 0 Å². The monoisotopic (exact) mass is 369 g/mol. The maximum atomic E-state index is 13.4. The zero-order chi connectivity index (χ0) is 19.6. The summed E-state index contributed by atoms with van der Waals surface area (Å²) in [5.41, 5.74) is 3.06. The first kappa shape index (κ1) is 18.1. The predicted molar refractivity (Wildman–Crippen MR) is 96.5 cm³/mol. The van der Waals surface area contributed by atoms with E-state index in [1.807, 2.05) is 0 Å². The van der Waals surface area contributed by atoms with E-state index in [2.05, 4.69) is 25.7 Å². The first-order chi connectivity index (χ1) is 12.9. The molecule has 27 heavy (non-hydrogen) atoms. The van der Waals surface area contributed by atoms with Crippen LogP contribution < -0.4 is 5.32 Å². The molecule has 138 valence electrons. The van der Waals surface area contributed by atoms with Crippen LogP contribution in [0.25, 0.3) is 11.6 Å². The van der Waals surface area contributed by atoms with Gasteiger partial charge in [-0.05, 0) is 43.7 Å². The third-order valence-electron chi connectivity index (χ3n) is 4.07. The molecule has 1 aliphatic rings. The number of amides is 1. The van der Waals surface area contributed by atoms with Gasteiger partial charge in [0.05, 0.1) is 23.5 Å². The minimum Gasteiger partial charge on any atom is -0.478 e. The minimum absolute atomic E-state index is 0.185. The fourth-order valence-electron chi connectivity index (χ4n) is 2.85. The number of nitrogens with one attached hydrogen (secondary N) is 3. The lowest BCUT2D eigenvalue weighted by molar-refractivity contribution is -0.110. The van der Waals surface area contributed by atoms with E-state index in [1.165, 1.54) is 18.2 Å². The van der Waals surface area contributed by atoms with Crippen LogP contribution in [0.5, 0.6) is 0 Å². The Morgan fingerprint density at radius 3 is 2.48 bits per heavy atom. The fraction of sp³-hybridized carbons (Fsp3) is 0.111. The molecule has 1 aromatic carbocycles. The normalized spacial score (nSPS) is 13.7. The Labute approximate surface area is 153 Å². The highest BCUT2D eigenvalue weighted by atomic mass is 19.1. The lowest BCUT2D eigenvalue weighted by atomic mass is 10.0. The number of carbonyl (C=O) groups is 2. The van der Waals surface area contributed by atoms with Crippen LogP contribution in [-0.4, -0.2) is 37.4 Å². The van der Waals surface area contributed by atoms with E-state index >= 15 is 0 Å². The summed E-state index contributed by atoms with van der Waals surface area (Å²) in [7, 11) is 0. The molecule has 1 aliphatic heterocycles. The molecule has 0 saturated carbocycles. The molecule has 0 saturated heterocycles. The predicted octanol–water partition coefficient (Wildman–Crippen LogP) is 2.77. The van der Waals surface area contributed by atoms with Crippen LogP contribution in [0.3, 0.4) is 0 Å². The van der Waals surface area contributed by atoms with Crippen molar-refractivity contribution in [3.63, 3.8) is 0 Å². The van der Waals surface area contributed by atoms with E-state index in [0.717, 1.165) is 0 Å². The molecular formula is C18H16FN5O3. The number of nitrogens with zero attached hydrogens (tertiary/aromatic N) is 2. The van der Waals surface area contributed by atoms with Gasteiger partial charge in [-0.25, -0.2) is 9.18 Å². The van der Waals surface area contributed by atoms with E-state index in [1.54, 1.807) is 32.3 Å². The third kappa shape index (κ3) is 3.61. The van der Waals surface area contributed by atoms with Crippen LogP contribution in [0, 0.1) is 19.7 Å². The highest BCUT2D eigenvalue weighted by molar-refractivity contribution is 6.34. The largest absolute Gasteiger partial charge is 0.478 e. The average Bonchev–Trinajstić information content (AvgIpc) is 3.32. The lowest BCUT2D eigenvalue weighted by Crippen LogP contribution is -2.03. The Balaban J connectivity index is 0.000000364. The van der Waals surface area contributed by atoms with Crippen LogP contribution in [0.4, 0.5) is 10.1 Å². The number of carboxylic acid groups (broad SMARTS) is 1. The zero-order valence-electron chi connectivity index (χ0n) is 14.5. The van der Waals surface area contributed by atoms with Crippen LogP contribution in [0.2, 0.25) is 0 Å². The van der Waals surface area contributed by atoms with E-state index in [4.69, 9.17) is 0 Å². The van der Waals surface area contributed by atoms with Gasteiger partial charge in [0.1, 0.15) is 5.82 Å². The van der Waals surface area contributed by atoms with Gasteiger partial charge in [-0.3, -0.25) is 4.79 Å². The molecule has 2 aromatic heterocycles. The highest BCUT2D eigenvalue weighted by Crippen LogP contribution is 2.34. The Hall–Kier alpha value is -3.75. The number of hydrogen-bond donors (Lipinski definition) is 4. The van der Waals surface area contributed by atoms with E-state index < -0.39 is 11.8 Å². The fourth-order valence-corrected chi connectivity index (χ4v) is 2.85. The van der Waals surface area contributed by atoms with Gasteiger partial charge in [0.15, 0.2) is 0 Å². The number of aromatic nitrogens is 4. The molecule has 0 spiro atoms. The van der Waals surface area contributed by atoms with Crippen molar-refractivity contribution in [1.29, 1.82) is 0 Å². The molecular weight excluding hydrogens is 353 g/mol. The molecule has 9 heteroatoms. The summed E-state index contributed by atoms with van der Waals surface area (Å²) in [6.07, 6.45) is 4.72. The van der Waals surface area contributed by atoms with Gasteiger partial charge < -0.3 is 15.4 Å². The van der Waals surface area contributed by atoms with Crippen LogP contribution >= 0.6 is 0 Å². The molecule has 1 amide bonds. The van der Waals surface area contributed by atoms with E-state index in [-0.39, 0.29) is 11.5 Å². The van der Waals surface area contributed by atoms with Crippen molar-refractivity contribution in [1.82, 2.24) is 20.4 Å². The number of fused-ring (bicyclic) bond motifs is 1. The Kier molecular flexibility index (Phi) is 4.84. The van der Waals surface area contributed by atoms with Crippen molar-refractivity contribution < 1.29 is 19.1 Å². The summed E-state index contributed by atoms with van der Waals surface area (Å²) in [4.78, 5) is 26.2. The number of H-pyrrole nitrogens is 2. The Bertz CT molecular complexity index is 1020. The average molecular weight is 369 g/mol. The molecule has 0 bridgehead atoms. The molecule has 4 rings (SSSR count). The Morgan fingerprint density at radius 2 is 1.93 bits per heavy atom. The first-order valence-electron chi connectivity index (χ1n) is 7.93. The second-order valence-corrected chi connectivity index (χ2v) is 5.83. The Morgan fingerprint density at radius 1 is 1.22 bits per heavy atom. The standard InChI is InChI=1S/C16H13FN2O3.C2H3N3/c1-7-13(18-8(2)14(7)16(21)22)6-11-10-5-9(17)3-4-12(10)19-15(11)20;1-2-4-5-3-1/h3-6,18H,1-2H3,(H,19,20)(H,21,22);1-2H,(H,3,4,5)/b11-6-;. The number of aromatic amines is 2. The molecule has 0 atom stereocenters. The maximum absolute atomic E-state index is 13.4. The van der Waals surface area contributed by atoms with Gasteiger partial charge in [0, 0.05) is 22.6 Å². The van der Waals surface area contributed by atoms with Gasteiger partial charge in [0.2, 0.25) is 0 Å². The number of hydrogen-bond acceptors (Lipinski definition) is 4. The van der Waals surface area contributed by atoms with Crippen molar-refractivity contribution in [2.75, 3.05) is 5.32 Å².